The summed E-state index contributed by atoms with van der Waals surface area (Å²) in [5.74, 6) is 0.517. The molecule has 6 nitrogen and oxygen atoms in total. The Hall–Kier alpha value is -2.45. The molecule has 0 aliphatic carbocycles. The van der Waals surface area contributed by atoms with Gasteiger partial charge < -0.3 is 20.3 Å². The number of thiophene rings is 1. The van der Waals surface area contributed by atoms with E-state index >= 15 is 0 Å². The van der Waals surface area contributed by atoms with E-state index in [2.05, 4.69) is 20.5 Å². The van der Waals surface area contributed by atoms with Crippen LogP contribution >= 0.6 is 11.3 Å². The molecule has 156 valence electrons. The second-order valence-corrected chi connectivity index (χ2v) is 7.90. The highest BCUT2D eigenvalue weighted by Gasteiger charge is 2.28. The van der Waals surface area contributed by atoms with Crippen LogP contribution in [0.25, 0.3) is 0 Å². The van der Waals surface area contributed by atoms with Crippen molar-refractivity contribution in [2.75, 3.05) is 33.2 Å². The minimum atomic E-state index is -0.252. The average molecular weight is 419 g/mol. The minimum absolute atomic E-state index is 0.0300. The lowest BCUT2D eigenvalue weighted by atomic mass is 10.1. The fraction of sp³-hybridized carbons (Fsp3) is 0.429. The highest BCUT2D eigenvalue weighted by molar-refractivity contribution is 7.12. The van der Waals surface area contributed by atoms with E-state index < -0.39 is 0 Å². The maximum absolute atomic E-state index is 13.2. The summed E-state index contributed by atoms with van der Waals surface area (Å²) in [5, 5.41) is 8.18. The maximum atomic E-state index is 13.2. The topological polar surface area (TPSA) is 66.0 Å². The number of guanidine groups is 1. The Morgan fingerprint density at radius 2 is 2.00 bits per heavy atom. The van der Waals surface area contributed by atoms with Gasteiger partial charge in [-0.15, -0.1) is 11.3 Å². The van der Waals surface area contributed by atoms with Crippen LogP contribution in [0.1, 0.15) is 34.7 Å². The van der Waals surface area contributed by atoms with Crippen molar-refractivity contribution >= 4 is 23.2 Å². The standard InChI is InChI=1S/C21H27FN4O2S/c1-15-13-26(14-18(28-15)16-6-8-17(22)9-7-16)21(23-2)25-11-4-10-24-20(27)19-5-3-12-29-19/h3,5-9,12,15,18H,4,10-11,13-14H2,1-2H3,(H,23,25)(H,24,27). The molecule has 2 N–H and O–H groups in total. The van der Waals surface area contributed by atoms with E-state index in [9.17, 15) is 9.18 Å². The van der Waals surface area contributed by atoms with Crippen molar-refractivity contribution in [3.8, 4) is 0 Å². The van der Waals surface area contributed by atoms with Crippen LogP contribution < -0.4 is 10.6 Å². The van der Waals surface area contributed by atoms with Crippen LogP contribution in [0.15, 0.2) is 46.8 Å². The van der Waals surface area contributed by atoms with Crippen LogP contribution in [0, 0.1) is 5.82 Å². The number of rotatable bonds is 6. The van der Waals surface area contributed by atoms with Gasteiger partial charge in [-0.25, -0.2) is 4.39 Å². The van der Waals surface area contributed by atoms with E-state index in [0.29, 0.717) is 19.6 Å². The molecule has 0 bridgehead atoms. The third-order valence-electron chi connectivity index (χ3n) is 4.68. The molecule has 0 radical (unpaired) electrons. The number of morpholine rings is 1. The van der Waals surface area contributed by atoms with Crippen molar-refractivity contribution in [1.29, 1.82) is 0 Å². The van der Waals surface area contributed by atoms with Crippen LogP contribution in [0.2, 0.25) is 0 Å². The third kappa shape index (κ3) is 6.01. The monoisotopic (exact) mass is 418 g/mol. The normalized spacial score (nSPS) is 19.8. The second kappa shape index (κ2) is 10.4. The van der Waals surface area contributed by atoms with Gasteiger partial charge >= 0.3 is 0 Å². The van der Waals surface area contributed by atoms with Gasteiger partial charge in [0.05, 0.1) is 17.5 Å². The molecular weight excluding hydrogens is 391 g/mol. The smallest absolute Gasteiger partial charge is 0.261 e. The largest absolute Gasteiger partial charge is 0.367 e. The fourth-order valence-corrected chi connectivity index (χ4v) is 3.94. The van der Waals surface area contributed by atoms with Crippen LogP contribution in [0.4, 0.5) is 4.39 Å². The average Bonchev–Trinajstić information content (AvgIpc) is 3.25. The molecule has 1 amide bonds. The van der Waals surface area contributed by atoms with Crippen LogP contribution in [0.5, 0.6) is 0 Å². The number of hydrogen-bond acceptors (Lipinski definition) is 4. The summed E-state index contributed by atoms with van der Waals surface area (Å²) in [7, 11) is 1.76. The van der Waals surface area contributed by atoms with Gasteiger partial charge in [-0.05, 0) is 42.5 Å². The summed E-state index contributed by atoms with van der Waals surface area (Å²) in [6.45, 7) is 4.69. The molecule has 2 aromatic rings. The van der Waals surface area contributed by atoms with Crippen molar-refractivity contribution < 1.29 is 13.9 Å². The zero-order valence-electron chi connectivity index (χ0n) is 16.7. The highest BCUT2D eigenvalue weighted by atomic mass is 32.1. The van der Waals surface area contributed by atoms with Gasteiger partial charge in [0.25, 0.3) is 5.91 Å². The molecule has 0 saturated carbocycles. The van der Waals surface area contributed by atoms with Crippen LogP contribution in [-0.4, -0.2) is 56.1 Å². The molecule has 1 aliphatic rings. The van der Waals surface area contributed by atoms with E-state index in [1.54, 1.807) is 19.2 Å². The number of nitrogens with one attached hydrogen (secondary N) is 2. The number of amides is 1. The number of carbonyl (C=O) groups is 1. The Balaban J connectivity index is 1.47. The minimum Gasteiger partial charge on any atom is -0.367 e. The Bertz CT molecular complexity index is 811. The lowest BCUT2D eigenvalue weighted by Gasteiger charge is -2.38. The molecule has 1 aromatic heterocycles. The van der Waals surface area contributed by atoms with Gasteiger partial charge in [-0.2, -0.15) is 0 Å². The second-order valence-electron chi connectivity index (χ2n) is 6.95. The van der Waals surface area contributed by atoms with Crippen molar-refractivity contribution in [3.05, 3.63) is 58.0 Å². The van der Waals surface area contributed by atoms with E-state index in [4.69, 9.17) is 4.74 Å². The van der Waals surface area contributed by atoms with Gasteiger partial charge in [-0.1, -0.05) is 18.2 Å². The molecule has 0 spiro atoms. The summed E-state index contributed by atoms with van der Waals surface area (Å²) in [5.41, 5.74) is 0.953. The van der Waals surface area contributed by atoms with Gasteiger partial charge in [-0.3, -0.25) is 9.79 Å². The van der Waals surface area contributed by atoms with Gasteiger partial charge in [0, 0.05) is 26.7 Å². The predicted molar refractivity (Wildman–Crippen MR) is 114 cm³/mol. The number of hydrogen-bond donors (Lipinski definition) is 2. The first-order valence-electron chi connectivity index (χ1n) is 9.75. The van der Waals surface area contributed by atoms with Crippen molar-refractivity contribution in [2.45, 2.75) is 25.6 Å². The Morgan fingerprint density at radius 1 is 1.24 bits per heavy atom. The molecule has 2 atom stereocenters. The van der Waals surface area contributed by atoms with Gasteiger partial charge in [0.15, 0.2) is 5.96 Å². The Labute approximate surface area is 174 Å². The molecule has 1 saturated heterocycles. The number of nitrogens with zero attached hydrogens (tertiary/aromatic N) is 2. The first kappa shape index (κ1) is 21.3. The predicted octanol–water partition coefficient (Wildman–Crippen LogP) is 3.04. The first-order chi connectivity index (χ1) is 14.1. The molecule has 1 fully saturated rings. The summed E-state index contributed by atoms with van der Waals surface area (Å²) < 4.78 is 19.3. The fourth-order valence-electron chi connectivity index (χ4n) is 3.30. The zero-order valence-corrected chi connectivity index (χ0v) is 17.5. The lowest BCUT2D eigenvalue weighted by molar-refractivity contribution is -0.0605. The summed E-state index contributed by atoms with van der Waals surface area (Å²) >= 11 is 1.44. The van der Waals surface area contributed by atoms with Gasteiger partial charge in [0.2, 0.25) is 0 Å². The van der Waals surface area contributed by atoms with Crippen molar-refractivity contribution in [3.63, 3.8) is 0 Å². The van der Waals surface area contributed by atoms with E-state index in [1.807, 2.05) is 24.4 Å². The molecule has 3 rings (SSSR count). The number of benzene rings is 1. The number of carbonyl (C=O) groups excluding carboxylic acids is 1. The summed E-state index contributed by atoms with van der Waals surface area (Å²) in [6, 6.07) is 10.1. The molecule has 1 aromatic carbocycles. The quantitative estimate of drug-likeness (QED) is 0.430. The SMILES string of the molecule is CN=C(NCCCNC(=O)c1cccs1)N1CC(C)OC(c2ccc(F)cc2)C1. The Morgan fingerprint density at radius 3 is 2.69 bits per heavy atom. The van der Waals surface area contributed by atoms with Gasteiger partial charge in [0.1, 0.15) is 11.9 Å². The first-order valence-corrected chi connectivity index (χ1v) is 10.6. The van der Waals surface area contributed by atoms with Crippen molar-refractivity contribution in [2.24, 2.45) is 4.99 Å². The number of ether oxygens (including phenoxy) is 1. The molecule has 2 heterocycles. The van der Waals surface area contributed by atoms with E-state index in [0.717, 1.165) is 29.4 Å². The molecule has 1 aliphatic heterocycles. The molecule has 8 heteroatoms. The summed E-state index contributed by atoms with van der Waals surface area (Å²) in [4.78, 5) is 19.2. The Kier molecular flexibility index (Phi) is 7.60. The zero-order chi connectivity index (χ0) is 20.6. The number of halogens is 1. The van der Waals surface area contributed by atoms with Crippen molar-refractivity contribution in [1.82, 2.24) is 15.5 Å². The highest BCUT2D eigenvalue weighted by Crippen LogP contribution is 2.25. The van der Waals surface area contributed by atoms with Crippen LogP contribution in [0.3, 0.4) is 0 Å². The lowest BCUT2D eigenvalue weighted by Crippen LogP contribution is -2.51. The maximum Gasteiger partial charge on any atom is 0.261 e. The van der Waals surface area contributed by atoms with E-state index in [1.165, 1.54) is 23.5 Å². The van der Waals surface area contributed by atoms with E-state index in [-0.39, 0.29) is 23.9 Å². The molecule has 2 unspecified atom stereocenters. The van der Waals surface area contributed by atoms with Crippen LogP contribution in [-0.2, 0) is 4.74 Å². The summed E-state index contributed by atoms with van der Waals surface area (Å²) in [6.07, 6.45) is 0.683. The third-order valence-corrected chi connectivity index (χ3v) is 5.55. The number of aliphatic imine (C=N–C) groups is 1. The molecule has 29 heavy (non-hydrogen) atoms. The molecular formula is C21H27FN4O2S.